The molecular weight excluding hydrogens is 463 g/mol. The molecule has 2 atom stereocenters. The normalized spacial score (nSPS) is 20.8. The van der Waals surface area contributed by atoms with Gasteiger partial charge in [0.1, 0.15) is 24.1 Å². The summed E-state index contributed by atoms with van der Waals surface area (Å²) < 4.78 is 0. The smallest absolute Gasteiger partial charge is 0.272 e. The van der Waals surface area contributed by atoms with Gasteiger partial charge in [0.25, 0.3) is 5.91 Å². The molecule has 8 nitrogen and oxygen atoms in total. The highest BCUT2D eigenvalue weighted by Crippen LogP contribution is 2.27. The number of rotatable bonds is 6. The topological polar surface area (TPSA) is 108 Å². The first kappa shape index (κ1) is 24.2. The predicted octanol–water partition coefficient (Wildman–Crippen LogP) is 2.91. The quantitative estimate of drug-likeness (QED) is 0.532. The summed E-state index contributed by atoms with van der Waals surface area (Å²) >= 11 is 12.1. The number of halogens is 2. The second-order valence-corrected chi connectivity index (χ2v) is 9.67. The number of amides is 1. The van der Waals surface area contributed by atoms with E-state index in [-0.39, 0.29) is 11.8 Å². The van der Waals surface area contributed by atoms with Gasteiger partial charge in [0.15, 0.2) is 0 Å². The Labute approximate surface area is 204 Å². The van der Waals surface area contributed by atoms with Gasteiger partial charge < -0.3 is 21.1 Å². The Morgan fingerprint density at radius 2 is 1.97 bits per heavy atom. The van der Waals surface area contributed by atoms with Gasteiger partial charge in [-0.3, -0.25) is 9.69 Å². The van der Waals surface area contributed by atoms with Crippen LogP contribution in [0, 0.1) is 12.8 Å². The van der Waals surface area contributed by atoms with Crippen LogP contribution in [-0.4, -0.2) is 69.2 Å². The Morgan fingerprint density at radius 1 is 1.21 bits per heavy atom. The van der Waals surface area contributed by atoms with Crippen molar-refractivity contribution in [1.29, 1.82) is 0 Å². The largest absolute Gasteiger partial charge is 0.378 e. The van der Waals surface area contributed by atoms with E-state index in [2.05, 4.69) is 20.2 Å². The number of likely N-dealkylation sites (tertiary alicyclic amines) is 2. The SMILES string of the molecule is Cc1c(NCc2ccc(Cl)c(Cl)c2)ncnc1C(=O)N1CCC(N2CCC(C(N)O)C2)CC1. The van der Waals surface area contributed by atoms with E-state index in [0.29, 0.717) is 47.2 Å². The van der Waals surface area contributed by atoms with Gasteiger partial charge in [0.2, 0.25) is 0 Å². The van der Waals surface area contributed by atoms with Crippen LogP contribution in [0.3, 0.4) is 0 Å². The molecule has 4 rings (SSSR count). The summed E-state index contributed by atoms with van der Waals surface area (Å²) in [6.07, 6.45) is 3.41. The maximum atomic E-state index is 13.2. The van der Waals surface area contributed by atoms with Crippen LogP contribution in [0.2, 0.25) is 10.0 Å². The molecule has 0 aliphatic carbocycles. The Kier molecular flexibility index (Phi) is 7.71. The lowest BCUT2D eigenvalue weighted by Crippen LogP contribution is -2.46. The fraction of sp³-hybridized carbons (Fsp3) is 0.522. The summed E-state index contributed by atoms with van der Waals surface area (Å²) in [5.74, 6) is 0.698. The monoisotopic (exact) mass is 492 g/mol. The van der Waals surface area contributed by atoms with E-state index < -0.39 is 6.23 Å². The van der Waals surface area contributed by atoms with Crippen LogP contribution in [0.25, 0.3) is 0 Å². The number of aromatic nitrogens is 2. The maximum absolute atomic E-state index is 13.2. The molecule has 178 valence electrons. The Balaban J connectivity index is 1.35. The van der Waals surface area contributed by atoms with Gasteiger partial charge in [-0.1, -0.05) is 29.3 Å². The zero-order valence-electron chi connectivity index (χ0n) is 18.7. The molecule has 2 aliphatic heterocycles. The van der Waals surface area contributed by atoms with Crippen molar-refractivity contribution in [2.24, 2.45) is 11.7 Å². The van der Waals surface area contributed by atoms with Gasteiger partial charge in [0, 0.05) is 43.7 Å². The van der Waals surface area contributed by atoms with Crippen LogP contribution in [0.1, 0.15) is 40.9 Å². The number of nitrogens with two attached hydrogens (primary N) is 1. The van der Waals surface area contributed by atoms with Gasteiger partial charge in [-0.2, -0.15) is 0 Å². The molecule has 0 saturated carbocycles. The van der Waals surface area contributed by atoms with E-state index in [9.17, 15) is 9.90 Å². The van der Waals surface area contributed by atoms with Crippen molar-refractivity contribution in [2.75, 3.05) is 31.5 Å². The van der Waals surface area contributed by atoms with E-state index in [1.165, 1.54) is 6.33 Å². The summed E-state index contributed by atoms with van der Waals surface area (Å²) in [6, 6.07) is 5.88. The van der Waals surface area contributed by atoms with E-state index >= 15 is 0 Å². The summed E-state index contributed by atoms with van der Waals surface area (Å²) in [5, 5.41) is 13.9. The van der Waals surface area contributed by atoms with Crippen molar-refractivity contribution >= 4 is 34.9 Å². The third-order valence-electron chi connectivity index (χ3n) is 6.74. The minimum Gasteiger partial charge on any atom is -0.378 e. The maximum Gasteiger partial charge on any atom is 0.272 e. The fourth-order valence-corrected chi connectivity index (χ4v) is 5.01. The molecule has 1 aromatic carbocycles. The second kappa shape index (κ2) is 10.5. The summed E-state index contributed by atoms with van der Waals surface area (Å²) in [7, 11) is 0. The Bertz CT molecular complexity index is 997. The number of aliphatic hydroxyl groups excluding tert-OH is 1. The van der Waals surface area contributed by atoms with Crippen LogP contribution < -0.4 is 11.1 Å². The number of nitrogens with one attached hydrogen (secondary N) is 1. The van der Waals surface area contributed by atoms with Gasteiger partial charge in [-0.25, -0.2) is 9.97 Å². The molecular formula is C23H30Cl2N6O2. The molecule has 0 bridgehead atoms. The lowest BCUT2D eigenvalue weighted by atomic mass is 10.0. The van der Waals surface area contributed by atoms with Crippen LogP contribution in [-0.2, 0) is 6.54 Å². The number of hydrogen-bond donors (Lipinski definition) is 3. The first-order valence-electron chi connectivity index (χ1n) is 11.3. The molecule has 2 aliphatic rings. The number of benzene rings is 1. The van der Waals surface area contributed by atoms with Crippen molar-refractivity contribution in [3.63, 3.8) is 0 Å². The van der Waals surface area contributed by atoms with E-state index in [1.807, 2.05) is 17.9 Å². The number of carbonyl (C=O) groups excluding carboxylic acids is 1. The minimum absolute atomic E-state index is 0.0670. The average molecular weight is 493 g/mol. The number of hydrogen-bond acceptors (Lipinski definition) is 7. The van der Waals surface area contributed by atoms with Crippen LogP contribution >= 0.6 is 23.2 Å². The summed E-state index contributed by atoms with van der Waals surface area (Å²) in [5.41, 5.74) is 7.77. The molecule has 4 N–H and O–H groups in total. The number of anilines is 1. The van der Waals surface area contributed by atoms with Crippen molar-refractivity contribution in [1.82, 2.24) is 19.8 Å². The molecule has 1 amide bonds. The zero-order chi connectivity index (χ0) is 23.5. The fourth-order valence-electron chi connectivity index (χ4n) is 4.69. The highest BCUT2D eigenvalue weighted by atomic mass is 35.5. The average Bonchev–Trinajstić information content (AvgIpc) is 3.31. The predicted molar refractivity (Wildman–Crippen MR) is 129 cm³/mol. The molecule has 3 heterocycles. The highest BCUT2D eigenvalue weighted by Gasteiger charge is 2.34. The van der Waals surface area contributed by atoms with E-state index in [1.54, 1.807) is 12.1 Å². The van der Waals surface area contributed by atoms with Gasteiger partial charge in [-0.05, 0) is 50.4 Å². The minimum atomic E-state index is -0.753. The highest BCUT2D eigenvalue weighted by molar-refractivity contribution is 6.42. The van der Waals surface area contributed by atoms with Gasteiger partial charge in [0.05, 0.1) is 10.0 Å². The molecule has 2 aromatic rings. The molecule has 0 spiro atoms. The van der Waals surface area contributed by atoms with Crippen LogP contribution in [0.5, 0.6) is 0 Å². The molecule has 33 heavy (non-hydrogen) atoms. The van der Waals surface area contributed by atoms with Crippen molar-refractivity contribution < 1.29 is 9.90 Å². The van der Waals surface area contributed by atoms with E-state index in [0.717, 1.165) is 43.5 Å². The Hall–Kier alpha value is -1.97. The van der Waals surface area contributed by atoms with Crippen molar-refractivity contribution in [3.8, 4) is 0 Å². The lowest BCUT2D eigenvalue weighted by molar-refractivity contribution is 0.0618. The summed E-state index contributed by atoms with van der Waals surface area (Å²) in [4.78, 5) is 26.1. The first-order chi connectivity index (χ1) is 15.8. The zero-order valence-corrected chi connectivity index (χ0v) is 20.2. The molecule has 10 heteroatoms. The summed E-state index contributed by atoms with van der Waals surface area (Å²) in [6.45, 7) is 5.52. The van der Waals surface area contributed by atoms with Gasteiger partial charge >= 0.3 is 0 Å². The van der Waals surface area contributed by atoms with Crippen LogP contribution in [0.15, 0.2) is 24.5 Å². The lowest BCUT2D eigenvalue weighted by Gasteiger charge is -2.37. The number of aliphatic hydroxyl groups is 1. The third-order valence-corrected chi connectivity index (χ3v) is 7.48. The van der Waals surface area contributed by atoms with Gasteiger partial charge in [-0.15, -0.1) is 0 Å². The standard InChI is InChI=1S/C23H30Cl2N6O2/c1-14-20(28-13-29-22(14)27-11-15-2-3-18(24)19(25)10-15)23(33)30-8-5-17(6-9-30)31-7-4-16(12-31)21(26)32/h2-3,10,13,16-17,21,32H,4-9,11-12,26H2,1H3,(H,27,28,29). The number of carbonyl (C=O) groups is 1. The molecule has 2 saturated heterocycles. The van der Waals surface area contributed by atoms with E-state index in [4.69, 9.17) is 28.9 Å². The van der Waals surface area contributed by atoms with Crippen molar-refractivity contribution in [3.05, 3.63) is 51.4 Å². The molecule has 1 aromatic heterocycles. The second-order valence-electron chi connectivity index (χ2n) is 8.86. The Morgan fingerprint density at radius 3 is 2.64 bits per heavy atom. The van der Waals surface area contributed by atoms with Crippen molar-refractivity contribution in [2.45, 2.75) is 45.0 Å². The molecule has 2 fully saturated rings. The number of nitrogens with zero attached hydrogens (tertiary/aromatic N) is 4. The molecule has 2 unspecified atom stereocenters. The third kappa shape index (κ3) is 5.58. The van der Waals surface area contributed by atoms with Crippen LogP contribution in [0.4, 0.5) is 5.82 Å². The first-order valence-corrected chi connectivity index (χ1v) is 12.1. The molecule has 0 radical (unpaired) electrons. The number of piperidine rings is 1.